The zero-order chi connectivity index (χ0) is 19.2. The van der Waals surface area contributed by atoms with Crippen molar-refractivity contribution < 1.29 is 4.79 Å². The van der Waals surface area contributed by atoms with E-state index in [-0.39, 0.29) is 16.7 Å². The molecule has 2 unspecified atom stereocenters. The van der Waals surface area contributed by atoms with E-state index >= 15 is 0 Å². The molecule has 0 saturated carbocycles. The molecule has 142 valence electrons. The number of nitrogens with zero attached hydrogens (tertiary/aromatic N) is 1. The molecule has 0 aromatic heterocycles. The molecule has 6 heteroatoms. The number of nitrogens with one attached hydrogen (secondary N) is 2. The van der Waals surface area contributed by atoms with E-state index in [1.165, 1.54) is 11.8 Å². The number of alkyl halides is 1. The number of unbranched alkanes of at least 4 members (excludes halogenated alkanes) is 1. The van der Waals surface area contributed by atoms with Gasteiger partial charge in [-0.3, -0.25) is 9.79 Å². The van der Waals surface area contributed by atoms with Crippen molar-refractivity contribution in [2.45, 2.75) is 37.4 Å². The van der Waals surface area contributed by atoms with Crippen LogP contribution in [0.2, 0.25) is 0 Å². The van der Waals surface area contributed by atoms with Crippen molar-refractivity contribution in [1.82, 2.24) is 5.32 Å². The van der Waals surface area contributed by atoms with Crippen molar-refractivity contribution in [2.75, 3.05) is 11.9 Å². The number of anilines is 1. The Morgan fingerprint density at radius 2 is 2.00 bits per heavy atom. The zero-order valence-electron chi connectivity index (χ0n) is 15.5. The minimum absolute atomic E-state index is 0.00861. The van der Waals surface area contributed by atoms with Crippen molar-refractivity contribution in [3.05, 3.63) is 54.1 Å². The van der Waals surface area contributed by atoms with Crippen LogP contribution in [0.1, 0.15) is 37.0 Å². The van der Waals surface area contributed by atoms with Crippen LogP contribution in [0.15, 0.2) is 53.5 Å². The summed E-state index contributed by atoms with van der Waals surface area (Å²) in [6.45, 7) is 5.02. The number of carbonyl (C=O) groups is 1. The first-order valence-electron chi connectivity index (χ1n) is 9.21. The predicted molar refractivity (Wildman–Crippen MR) is 117 cm³/mol. The molecule has 1 aliphatic rings. The first-order chi connectivity index (χ1) is 13.1. The Bertz CT molecular complexity index is 825. The van der Waals surface area contributed by atoms with E-state index in [0.29, 0.717) is 10.7 Å². The monoisotopic (exact) mass is 401 g/mol. The van der Waals surface area contributed by atoms with Crippen LogP contribution in [-0.4, -0.2) is 28.4 Å². The normalized spacial score (nSPS) is 18.9. The molecule has 1 aliphatic heterocycles. The van der Waals surface area contributed by atoms with Gasteiger partial charge in [0.05, 0.1) is 6.04 Å². The highest BCUT2D eigenvalue weighted by molar-refractivity contribution is 8.15. The van der Waals surface area contributed by atoms with Gasteiger partial charge >= 0.3 is 0 Å². The molecule has 0 spiro atoms. The van der Waals surface area contributed by atoms with Crippen LogP contribution >= 0.6 is 23.4 Å². The molecule has 4 nitrogen and oxygen atoms in total. The van der Waals surface area contributed by atoms with Crippen LogP contribution in [0.25, 0.3) is 11.1 Å². The van der Waals surface area contributed by atoms with Crippen molar-refractivity contribution in [2.24, 2.45) is 4.99 Å². The molecular formula is C21H24ClN3OS. The molecule has 3 rings (SSSR count). The zero-order valence-corrected chi connectivity index (χ0v) is 17.1. The van der Waals surface area contributed by atoms with Crippen LogP contribution in [0.3, 0.4) is 0 Å². The van der Waals surface area contributed by atoms with Gasteiger partial charge in [-0.2, -0.15) is 0 Å². The molecule has 0 fully saturated rings. The maximum atomic E-state index is 12.9. The number of thioether (sulfide) groups is 1. The minimum Gasteiger partial charge on any atom is -0.385 e. The van der Waals surface area contributed by atoms with Gasteiger partial charge in [0.1, 0.15) is 4.71 Å². The third-order valence-electron chi connectivity index (χ3n) is 4.35. The van der Waals surface area contributed by atoms with Gasteiger partial charge in [-0.25, -0.2) is 0 Å². The number of rotatable bonds is 6. The van der Waals surface area contributed by atoms with Gasteiger partial charge in [-0.15, -0.1) is 11.6 Å². The molecule has 2 aromatic rings. The molecule has 1 amide bonds. The number of halogens is 1. The third-order valence-corrected chi connectivity index (χ3v) is 6.03. The molecule has 2 N–H and O–H groups in total. The highest BCUT2D eigenvalue weighted by atomic mass is 35.5. The third kappa shape index (κ3) is 5.05. The lowest BCUT2D eigenvalue weighted by atomic mass is 9.98. The number of aliphatic imine (C=N–C) groups is 1. The summed E-state index contributed by atoms with van der Waals surface area (Å²) in [5.41, 5.74) is 3.54. The van der Waals surface area contributed by atoms with Gasteiger partial charge in [0.15, 0.2) is 5.17 Å². The number of carbonyl (C=O) groups excluding carboxylic acids is 1. The lowest BCUT2D eigenvalue weighted by Crippen LogP contribution is -2.28. The Morgan fingerprint density at radius 3 is 2.67 bits per heavy atom. The maximum Gasteiger partial charge on any atom is 0.257 e. The van der Waals surface area contributed by atoms with Gasteiger partial charge < -0.3 is 10.6 Å². The smallest absolute Gasteiger partial charge is 0.257 e. The van der Waals surface area contributed by atoms with Crippen LogP contribution in [0, 0.1) is 0 Å². The van der Waals surface area contributed by atoms with E-state index in [2.05, 4.69) is 22.5 Å². The fourth-order valence-corrected chi connectivity index (χ4v) is 3.98. The lowest BCUT2D eigenvalue weighted by Gasteiger charge is -2.13. The summed E-state index contributed by atoms with van der Waals surface area (Å²) in [4.78, 5) is 17.3. The minimum atomic E-state index is -0.168. The van der Waals surface area contributed by atoms with E-state index in [1.807, 2.05) is 55.5 Å². The summed E-state index contributed by atoms with van der Waals surface area (Å²) in [5, 5.41) is 6.92. The van der Waals surface area contributed by atoms with Crippen molar-refractivity contribution in [3.8, 4) is 11.1 Å². The Morgan fingerprint density at radius 1 is 1.22 bits per heavy atom. The van der Waals surface area contributed by atoms with Gasteiger partial charge in [0, 0.05) is 17.8 Å². The molecule has 27 heavy (non-hydrogen) atoms. The van der Waals surface area contributed by atoms with Crippen molar-refractivity contribution in [3.63, 3.8) is 0 Å². The van der Waals surface area contributed by atoms with Gasteiger partial charge in [-0.05, 0) is 42.7 Å². The van der Waals surface area contributed by atoms with E-state index < -0.39 is 0 Å². The summed E-state index contributed by atoms with van der Waals surface area (Å²) in [5.74, 6) is -0.168. The Hall–Kier alpha value is -1.98. The Balaban J connectivity index is 1.87. The molecule has 0 saturated heterocycles. The number of hydrogen-bond acceptors (Lipinski definition) is 4. The second-order valence-corrected chi connectivity index (χ2v) is 8.36. The van der Waals surface area contributed by atoms with Gasteiger partial charge in [0.25, 0.3) is 5.91 Å². The van der Waals surface area contributed by atoms with Gasteiger partial charge in [0.2, 0.25) is 0 Å². The van der Waals surface area contributed by atoms with Crippen LogP contribution in [0.5, 0.6) is 0 Å². The summed E-state index contributed by atoms with van der Waals surface area (Å²) in [7, 11) is 0. The Labute approximate surface area is 169 Å². The number of amidine groups is 1. The Kier molecular flexibility index (Phi) is 6.80. The number of amides is 1. The average molecular weight is 402 g/mol. The first kappa shape index (κ1) is 19.8. The average Bonchev–Trinajstić information content (AvgIpc) is 2.99. The number of benzene rings is 2. The summed E-state index contributed by atoms with van der Waals surface area (Å²) >= 11 is 7.57. The first-order valence-corrected chi connectivity index (χ1v) is 10.5. The van der Waals surface area contributed by atoms with Crippen LogP contribution in [-0.2, 0) is 0 Å². The topological polar surface area (TPSA) is 53.5 Å². The predicted octanol–water partition coefficient (Wildman–Crippen LogP) is 5.35. The largest absolute Gasteiger partial charge is 0.385 e. The van der Waals surface area contributed by atoms with E-state index in [4.69, 9.17) is 11.6 Å². The van der Waals surface area contributed by atoms with Gasteiger partial charge in [-0.1, -0.05) is 55.4 Å². The highest BCUT2D eigenvalue weighted by Crippen LogP contribution is 2.30. The summed E-state index contributed by atoms with van der Waals surface area (Å²) in [6, 6.07) is 15.8. The van der Waals surface area contributed by atoms with Crippen molar-refractivity contribution in [1.29, 1.82) is 0 Å². The second kappa shape index (κ2) is 9.29. The van der Waals surface area contributed by atoms with Crippen molar-refractivity contribution >= 4 is 40.1 Å². The molecule has 2 atom stereocenters. The number of hydrogen-bond donors (Lipinski definition) is 2. The molecule has 0 bridgehead atoms. The standard InChI is InChI=1S/C21H24ClN3OS/c1-3-4-12-23-16-10-11-17(18(13-16)15-8-6-5-7-9-15)20(26)25-21-24-14(2)19(22)27-21/h5-11,13-14,19,23H,3-4,12H2,1-2H3,(H,24,25,26). The van der Waals surface area contributed by atoms with Crippen LogP contribution < -0.4 is 10.6 Å². The highest BCUT2D eigenvalue weighted by Gasteiger charge is 2.26. The fraction of sp³-hybridized carbons (Fsp3) is 0.333. The molecule has 0 aliphatic carbocycles. The lowest BCUT2D eigenvalue weighted by molar-refractivity contribution is 0.0978. The molecule has 2 aromatic carbocycles. The maximum absolute atomic E-state index is 12.9. The fourth-order valence-electron chi connectivity index (χ4n) is 2.82. The van der Waals surface area contributed by atoms with Crippen LogP contribution in [0.4, 0.5) is 5.69 Å². The SMILES string of the molecule is CCCCNc1ccc(C(=O)NC2=NC(C)C(Cl)S2)c(-c2ccccc2)c1. The molecule has 1 heterocycles. The summed E-state index contributed by atoms with van der Waals surface area (Å²) in [6.07, 6.45) is 2.25. The summed E-state index contributed by atoms with van der Waals surface area (Å²) < 4.78 is -0.140. The quantitative estimate of drug-likeness (QED) is 0.506. The van der Waals surface area contributed by atoms with E-state index in [0.717, 1.165) is 36.2 Å². The van der Waals surface area contributed by atoms with E-state index in [9.17, 15) is 4.79 Å². The van der Waals surface area contributed by atoms with E-state index in [1.54, 1.807) is 0 Å². The molecular weight excluding hydrogens is 378 g/mol. The second-order valence-electron chi connectivity index (χ2n) is 6.50. The molecule has 0 radical (unpaired) electrons.